The van der Waals surface area contributed by atoms with Gasteiger partial charge < -0.3 is 0 Å². The molecule has 1 atom stereocenters. The average molecular weight is 453 g/mol. The van der Waals surface area contributed by atoms with E-state index in [0.717, 1.165) is 0 Å². The molecule has 168 valence electrons. The molecule has 3 nitrogen and oxygen atoms in total. The number of aryl methyl sites for hydroxylation is 6. The molecule has 0 saturated heterocycles. The van der Waals surface area contributed by atoms with Crippen LogP contribution in [0.15, 0.2) is 36.7 Å². The molecule has 2 N–H and O–H groups in total. The zero-order chi connectivity index (χ0) is 23.1. The summed E-state index contributed by atoms with van der Waals surface area (Å²) >= 11 is 0. The maximum absolute atomic E-state index is 10.7. The van der Waals surface area contributed by atoms with Crippen molar-refractivity contribution in [3.8, 4) is 0 Å². The summed E-state index contributed by atoms with van der Waals surface area (Å²) in [6.45, 7) is 13.0. The summed E-state index contributed by atoms with van der Waals surface area (Å²) in [5.74, 6) is 0. The summed E-state index contributed by atoms with van der Waals surface area (Å²) in [5.41, 5.74) is 13.9. The van der Waals surface area contributed by atoms with Gasteiger partial charge in [-0.1, -0.05) is 40.9 Å². The third-order valence-corrected chi connectivity index (χ3v) is 4.45. The second kappa shape index (κ2) is 7.25. The maximum atomic E-state index is 9.87. The molecule has 1 aliphatic heterocycles. The van der Waals surface area contributed by atoms with Gasteiger partial charge in [-0.3, -0.25) is 0 Å². The summed E-state index contributed by atoms with van der Waals surface area (Å²) in [6, 6.07) is 8.96. The Morgan fingerprint density at radius 1 is 0.700 bits per heavy atom. The Hall–Kier alpha value is -2.09. The number of halogens is 6. The number of hydrogen-bond acceptors (Lipinski definition) is 2. The summed E-state index contributed by atoms with van der Waals surface area (Å²) in [7, 11) is -10.7. The van der Waals surface area contributed by atoms with Gasteiger partial charge >= 0.3 is 33.0 Å². The van der Waals surface area contributed by atoms with Crippen LogP contribution in [0.25, 0.3) is 0 Å². The van der Waals surface area contributed by atoms with Gasteiger partial charge in [0, 0.05) is 11.1 Å². The number of anilines is 1. The van der Waals surface area contributed by atoms with Crippen molar-refractivity contribution in [2.45, 2.75) is 41.5 Å². The van der Waals surface area contributed by atoms with Gasteiger partial charge in [0.1, 0.15) is 6.20 Å². The number of hydrogen-bond donors (Lipinski definition) is 2. The number of rotatable bonds is 2. The van der Waals surface area contributed by atoms with Crippen LogP contribution in [-0.2, 0) is 0 Å². The second-order valence-electron chi connectivity index (χ2n) is 7.69. The normalized spacial score (nSPS) is 18.5. The zero-order valence-corrected chi connectivity index (χ0v) is 18.5. The molecule has 10 heteroatoms. The molecule has 1 aliphatic rings. The van der Waals surface area contributed by atoms with Crippen molar-refractivity contribution in [1.29, 1.82) is 0 Å². The molecule has 2 aromatic carbocycles. The number of nitrogens with one attached hydrogen (secondary N) is 2. The molecule has 0 radical (unpaired) electrons. The molecule has 1 heterocycles. The van der Waals surface area contributed by atoms with Crippen molar-refractivity contribution >= 4 is 19.2 Å². The molecule has 2 aromatic rings. The van der Waals surface area contributed by atoms with Crippen LogP contribution >= 0.6 is 7.81 Å². The van der Waals surface area contributed by atoms with Crippen LogP contribution < -0.4 is 15.6 Å². The number of hydrazine groups is 1. The molecule has 1 unspecified atom stereocenters. The van der Waals surface area contributed by atoms with E-state index in [0.29, 0.717) is 0 Å². The first kappa shape index (κ1) is 24.2. The van der Waals surface area contributed by atoms with E-state index in [9.17, 15) is 25.2 Å². The van der Waals surface area contributed by atoms with Crippen molar-refractivity contribution in [1.82, 2.24) is 5.53 Å². The summed E-state index contributed by atoms with van der Waals surface area (Å²) < 4.78 is 59.2. The van der Waals surface area contributed by atoms with Gasteiger partial charge in [-0.15, -0.1) is 0 Å². The van der Waals surface area contributed by atoms with Crippen LogP contribution in [0.1, 0.15) is 33.4 Å². The Balaban J connectivity index is 0.000000396. The van der Waals surface area contributed by atoms with Gasteiger partial charge in [0.15, 0.2) is 5.69 Å². The van der Waals surface area contributed by atoms with Crippen LogP contribution in [0, 0.1) is 41.5 Å². The Bertz CT molecular complexity index is 877. The fourth-order valence-corrected chi connectivity index (χ4v) is 3.78. The summed E-state index contributed by atoms with van der Waals surface area (Å²) in [4.78, 5) is 0. The Kier molecular flexibility index (Phi) is 5.85. The van der Waals surface area contributed by atoms with Crippen LogP contribution in [0.4, 0.5) is 36.6 Å². The van der Waals surface area contributed by atoms with Crippen LogP contribution in [0.2, 0.25) is 0 Å². The van der Waals surface area contributed by atoms with Gasteiger partial charge in [-0.05, 0) is 52.7 Å². The van der Waals surface area contributed by atoms with Crippen LogP contribution in [0.5, 0.6) is 0 Å². The van der Waals surface area contributed by atoms with E-state index in [1.807, 2.05) is 0 Å². The van der Waals surface area contributed by atoms with Gasteiger partial charge in [0.2, 0.25) is 0 Å². The molecule has 0 saturated carbocycles. The predicted molar refractivity (Wildman–Crippen MR) is 110 cm³/mol. The summed E-state index contributed by atoms with van der Waals surface area (Å²) in [5, 5.41) is 3.30. The first-order chi connectivity index (χ1) is 13.3. The molecule has 0 fully saturated rings. The van der Waals surface area contributed by atoms with Crippen LogP contribution in [-0.4, -0.2) is 0 Å². The standard InChI is InChI=1S/C20H25N3.F6P/c1-13-9-15(3)19(16(4)10-13)22-7-8-23(21-22)20-17(5)11-14(2)12-18(20)6;1-7(2,3,4,5)6/h7-12,21H,1-6H3;/q;-1/p+1. The molecule has 30 heavy (non-hydrogen) atoms. The molecule has 0 spiro atoms. The van der Waals surface area contributed by atoms with E-state index in [2.05, 4.69) is 88.8 Å². The third-order valence-electron chi connectivity index (χ3n) is 4.45. The Morgan fingerprint density at radius 2 is 1.07 bits per heavy atom. The van der Waals surface area contributed by atoms with Crippen LogP contribution in [0.3, 0.4) is 0 Å². The first-order valence-electron chi connectivity index (χ1n) is 9.15. The molecular formula is C20H26F6N3P. The fraction of sp³-hybridized carbons (Fsp3) is 0.300. The van der Waals surface area contributed by atoms with E-state index in [1.54, 1.807) is 0 Å². The molecular weight excluding hydrogens is 427 g/mol. The number of benzene rings is 2. The van der Waals surface area contributed by atoms with Gasteiger partial charge in [-0.25, -0.2) is 5.01 Å². The Morgan fingerprint density at radius 3 is 1.47 bits per heavy atom. The van der Waals surface area contributed by atoms with E-state index in [4.69, 9.17) is 0 Å². The minimum absolute atomic E-state index is 1.17. The van der Waals surface area contributed by atoms with Gasteiger partial charge in [-0.2, -0.15) is 5.01 Å². The SMILES string of the molecule is Cc1cc(C)c(N2C=C[NH+](c3c(C)cc(C)cc3C)N2)c(C)c1.F[P-](F)(F)(F)(F)F. The minimum atomic E-state index is -10.7. The van der Waals surface area contributed by atoms with E-state index < -0.39 is 7.81 Å². The van der Waals surface area contributed by atoms with E-state index in [-0.39, 0.29) is 0 Å². The molecule has 3 rings (SSSR count). The average Bonchev–Trinajstić information content (AvgIpc) is 2.90. The van der Waals surface area contributed by atoms with Crippen molar-refractivity contribution < 1.29 is 30.2 Å². The molecule has 0 aromatic heterocycles. The van der Waals surface area contributed by atoms with Crippen molar-refractivity contribution in [2.75, 3.05) is 5.01 Å². The van der Waals surface area contributed by atoms with E-state index in [1.165, 1.54) is 49.8 Å². The summed E-state index contributed by atoms with van der Waals surface area (Å²) in [6.07, 6.45) is 4.29. The monoisotopic (exact) mass is 453 g/mol. The quantitative estimate of drug-likeness (QED) is 0.383. The number of quaternary nitrogens is 1. The van der Waals surface area contributed by atoms with Crippen molar-refractivity contribution in [3.05, 3.63) is 70.0 Å². The third kappa shape index (κ3) is 7.31. The predicted octanol–water partition coefficient (Wildman–Crippen LogP) is 6.85. The first-order valence-corrected chi connectivity index (χ1v) is 11.2. The van der Waals surface area contributed by atoms with E-state index >= 15 is 0 Å². The molecule has 0 bridgehead atoms. The fourth-order valence-electron chi connectivity index (χ4n) is 3.78. The topological polar surface area (TPSA) is 19.7 Å². The molecule has 0 aliphatic carbocycles. The van der Waals surface area contributed by atoms with Crippen molar-refractivity contribution in [3.63, 3.8) is 0 Å². The second-order valence-corrected chi connectivity index (χ2v) is 9.61. The zero-order valence-electron chi connectivity index (χ0n) is 17.6. The molecule has 0 amide bonds. The number of nitrogens with zero attached hydrogens (tertiary/aromatic N) is 1. The van der Waals surface area contributed by atoms with Gasteiger partial charge in [0.25, 0.3) is 0 Å². The van der Waals surface area contributed by atoms with Gasteiger partial charge in [0.05, 0.1) is 11.9 Å². The Labute approximate surface area is 172 Å². The van der Waals surface area contributed by atoms with Crippen molar-refractivity contribution in [2.24, 2.45) is 0 Å².